The standard InChI is InChI=1S/C27H34N2O4S/c1-3-4-17-31-24-7-5-22(6-8-24)13-14-27(20-29-16-15-28-21-29)32-18-25(33-27)19-34-26-11-9-23(30-2)10-12-26/h5-12,15-16,21,25H,3-4,13-14,17-20H2,1-2H3. The number of benzene rings is 2. The highest BCUT2D eigenvalue weighted by Gasteiger charge is 2.41. The first-order valence-corrected chi connectivity index (χ1v) is 12.9. The molecule has 2 heterocycles. The van der Waals surface area contributed by atoms with Gasteiger partial charge in [0.05, 0.1) is 39.3 Å². The summed E-state index contributed by atoms with van der Waals surface area (Å²) < 4.78 is 26.0. The molecular formula is C27H34N2O4S. The van der Waals surface area contributed by atoms with Crippen LogP contribution in [0, 0.1) is 0 Å². The number of unbranched alkanes of at least 4 members (excludes halogenated alkanes) is 1. The SMILES string of the molecule is CCCCOc1ccc(CCC2(Cn3ccnc3)OCC(CSc3ccc(OC)cc3)O2)cc1. The summed E-state index contributed by atoms with van der Waals surface area (Å²) in [6, 6.07) is 16.5. The van der Waals surface area contributed by atoms with Crippen LogP contribution in [0.5, 0.6) is 11.5 Å². The second-order valence-electron chi connectivity index (χ2n) is 8.53. The first-order valence-electron chi connectivity index (χ1n) is 11.9. The lowest BCUT2D eigenvalue weighted by molar-refractivity contribution is -0.180. The monoisotopic (exact) mass is 482 g/mol. The highest BCUT2D eigenvalue weighted by Crippen LogP contribution is 2.33. The number of aryl methyl sites for hydroxylation is 1. The molecule has 1 aromatic heterocycles. The second-order valence-corrected chi connectivity index (χ2v) is 9.62. The molecule has 0 amide bonds. The minimum absolute atomic E-state index is 0.0324. The smallest absolute Gasteiger partial charge is 0.187 e. The largest absolute Gasteiger partial charge is 0.497 e. The van der Waals surface area contributed by atoms with Crippen molar-refractivity contribution < 1.29 is 18.9 Å². The number of rotatable bonds is 13. The number of ether oxygens (including phenoxy) is 4. The first kappa shape index (κ1) is 24.6. The Hall–Kier alpha value is -2.48. The van der Waals surface area contributed by atoms with Gasteiger partial charge >= 0.3 is 0 Å². The Morgan fingerprint density at radius 2 is 1.91 bits per heavy atom. The normalized spacial score (nSPS) is 19.9. The predicted octanol–water partition coefficient (Wildman–Crippen LogP) is 5.61. The molecule has 0 bridgehead atoms. The van der Waals surface area contributed by atoms with Crippen molar-refractivity contribution in [2.45, 2.75) is 55.9 Å². The number of methoxy groups -OCH3 is 1. The van der Waals surface area contributed by atoms with E-state index in [-0.39, 0.29) is 6.10 Å². The zero-order chi connectivity index (χ0) is 23.6. The van der Waals surface area contributed by atoms with Gasteiger partial charge in [0.2, 0.25) is 0 Å². The molecule has 34 heavy (non-hydrogen) atoms. The second kappa shape index (κ2) is 12.3. The minimum atomic E-state index is -0.665. The molecule has 0 aliphatic carbocycles. The molecule has 1 aliphatic heterocycles. The van der Waals surface area contributed by atoms with Crippen molar-refractivity contribution in [3.05, 3.63) is 72.8 Å². The molecule has 0 N–H and O–H groups in total. The van der Waals surface area contributed by atoms with Gasteiger partial charge in [0.1, 0.15) is 11.5 Å². The van der Waals surface area contributed by atoms with Gasteiger partial charge in [-0.25, -0.2) is 4.98 Å². The van der Waals surface area contributed by atoms with Gasteiger partial charge in [-0.2, -0.15) is 0 Å². The maximum atomic E-state index is 6.56. The van der Waals surface area contributed by atoms with Crippen LogP contribution in [0.2, 0.25) is 0 Å². The Labute approximate surface area is 206 Å². The predicted molar refractivity (Wildman–Crippen MR) is 135 cm³/mol. The van der Waals surface area contributed by atoms with Crippen molar-refractivity contribution >= 4 is 11.8 Å². The number of thioether (sulfide) groups is 1. The third kappa shape index (κ3) is 7.01. The molecule has 2 unspecified atom stereocenters. The molecular weight excluding hydrogens is 448 g/mol. The van der Waals surface area contributed by atoms with Crippen LogP contribution in [0.1, 0.15) is 31.7 Å². The van der Waals surface area contributed by atoms with E-state index in [1.807, 2.05) is 29.2 Å². The van der Waals surface area contributed by atoms with E-state index in [0.717, 1.165) is 49.5 Å². The van der Waals surface area contributed by atoms with E-state index >= 15 is 0 Å². The molecule has 0 radical (unpaired) electrons. The van der Waals surface area contributed by atoms with Gasteiger partial charge in [0.25, 0.3) is 0 Å². The third-order valence-corrected chi connectivity index (χ3v) is 7.02. The Morgan fingerprint density at radius 3 is 2.62 bits per heavy atom. The van der Waals surface area contributed by atoms with Crippen LogP contribution in [0.15, 0.2) is 72.1 Å². The maximum Gasteiger partial charge on any atom is 0.187 e. The number of hydrogen-bond acceptors (Lipinski definition) is 6. The van der Waals surface area contributed by atoms with Crippen LogP contribution in [0.3, 0.4) is 0 Å². The summed E-state index contributed by atoms with van der Waals surface area (Å²) in [4.78, 5) is 5.38. The van der Waals surface area contributed by atoms with E-state index in [1.165, 1.54) is 10.5 Å². The van der Waals surface area contributed by atoms with Crippen LogP contribution in [0.4, 0.5) is 0 Å². The highest BCUT2D eigenvalue weighted by molar-refractivity contribution is 7.99. The summed E-state index contributed by atoms with van der Waals surface area (Å²) in [6.07, 6.45) is 9.43. The van der Waals surface area contributed by atoms with E-state index in [9.17, 15) is 0 Å². The van der Waals surface area contributed by atoms with Crippen LogP contribution >= 0.6 is 11.8 Å². The number of imidazole rings is 1. The molecule has 2 aromatic carbocycles. The molecule has 1 aliphatic rings. The zero-order valence-corrected chi connectivity index (χ0v) is 20.8. The van der Waals surface area contributed by atoms with Crippen molar-refractivity contribution in [2.75, 3.05) is 26.1 Å². The molecule has 1 saturated heterocycles. The van der Waals surface area contributed by atoms with Crippen molar-refractivity contribution in [2.24, 2.45) is 0 Å². The lowest BCUT2D eigenvalue weighted by atomic mass is 10.0. The summed E-state index contributed by atoms with van der Waals surface area (Å²) in [7, 11) is 1.68. The average molecular weight is 483 g/mol. The van der Waals surface area contributed by atoms with Gasteiger partial charge < -0.3 is 23.5 Å². The molecule has 2 atom stereocenters. The van der Waals surface area contributed by atoms with Crippen molar-refractivity contribution in [3.63, 3.8) is 0 Å². The quantitative estimate of drug-likeness (QED) is 0.233. The highest BCUT2D eigenvalue weighted by atomic mass is 32.2. The maximum absolute atomic E-state index is 6.56. The molecule has 1 fully saturated rings. The van der Waals surface area contributed by atoms with Gasteiger partial charge in [-0.05, 0) is 54.8 Å². The van der Waals surface area contributed by atoms with E-state index in [4.69, 9.17) is 18.9 Å². The number of hydrogen-bond donors (Lipinski definition) is 0. The Kier molecular flexibility index (Phi) is 8.91. The minimum Gasteiger partial charge on any atom is -0.497 e. The van der Waals surface area contributed by atoms with Gasteiger partial charge in [-0.15, -0.1) is 11.8 Å². The molecule has 0 saturated carbocycles. The molecule has 7 heteroatoms. The molecule has 4 rings (SSSR count). The van der Waals surface area contributed by atoms with Crippen LogP contribution in [-0.2, 0) is 22.4 Å². The topological polar surface area (TPSA) is 54.7 Å². The Morgan fingerprint density at radius 1 is 1.12 bits per heavy atom. The lowest BCUT2D eigenvalue weighted by Crippen LogP contribution is -2.37. The van der Waals surface area contributed by atoms with Gasteiger partial charge in [0.15, 0.2) is 5.79 Å². The fourth-order valence-electron chi connectivity index (χ4n) is 3.93. The van der Waals surface area contributed by atoms with Gasteiger partial charge in [-0.3, -0.25) is 0 Å². The number of aromatic nitrogens is 2. The summed E-state index contributed by atoms with van der Waals surface area (Å²) in [5, 5.41) is 0. The third-order valence-electron chi connectivity index (χ3n) is 5.88. The Balaban J connectivity index is 1.34. The fourth-order valence-corrected chi connectivity index (χ4v) is 4.80. The van der Waals surface area contributed by atoms with Gasteiger partial charge in [0, 0.05) is 29.5 Å². The zero-order valence-electron chi connectivity index (χ0n) is 20.0. The van der Waals surface area contributed by atoms with Gasteiger partial charge in [-0.1, -0.05) is 25.5 Å². The summed E-state index contributed by atoms with van der Waals surface area (Å²) in [5.74, 6) is 1.96. The van der Waals surface area contributed by atoms with Crippen molar-refractivity contribution in [1.29, 1.82) is 0 Å². The average Bonchev–Trinajstić information content (AvgIpc) is 3.53. The van der Waals surface area contributed by atoms with E-state index in [0.29, 0.717) is 13.2 Å². The van der Waals surface area contributed by atoms with E-state index in [1.54, 1.807) is 25.1 Å². The number of nitrogens with zero attached hydrogens (tertiary/aromatic N) is 2. The summed E-state index contributed by atoms with van der Waals surface area (Å²) in [6.45, 7) is 4.14. The van der Waals surface area contributed by atoms with Crippen molar-refractivity contribution in [1.82, 2.24) is 9.55 Å². The summed E-state index contributed by atoms with van der Waals surface area (Å²) in [5.41, 5.74) is 1.25. The van der Waals surface area contributed by atoms with Crippen LogP contribution in [0.25, 0.3) is 0 Å². The van der Waals surface area contributed by atoms with Crippen LogP contribution in [-0.4, -0.2) is 47.5 Å². The van der Waals surface area contributed by atoms with Crippen LogP contribution < -0.4 is 9.47 Å². The van der Waals surface area contributed by atoms with E-state index in [2.05, 4.69) is 48.3 Å². The molecule has 6 nitrogen and oxygen atoms in total. The Bertz CT molecular complexity index is 979. The molecule has 182 valence electrons. The van der Waals surface area contributed by atoms with Crippen molar-refractivity contribution in [3.8, 4) is 11.5 Å². The first-order chi connectivity index (χ1) is 16.7. The summed E-state index contributed by atoms with van der Waals surface area (Å²) >= 11 is 1.78. The fraction of sp³-hybridized carbons (Fsp3) is 0.444. The molecule has 0 spiro atoms. The lowest BCUT2D eigenvalue weighted by Gasteiger charge is -2.28. The van der Waals surface area contributed by atoms with E-state index < -0.39 is 5.79 Å². The molecule has 3 aromatic rings.